The van der Waals surface area contributed by atoms with Crippen molar-refractivity contribution >= 4 is 17.3 Å². The third kappa shape index (κ3) is 4.75. The third-order valence-corrected chi connectivity index (χ3v) is 4.02. The fraction of sp³-hybridized carbons (Fsp3) is 0.235. The molecule has 2 aromatic rings. The van der Waals surface area contributed by atoms with Crippen LogP contribution >= 0.6 is 0 Å². The monoisotopic (exact) mass is 377 g/mol. The molecular weight excluding hydrogens is 361 g/mol. The molecule has 0 N–H and O–H groups in total. The lowest BCUT2D eigenvalue weighted by Gasteiger charge is -2.25. The lowest BCUT2D eigenvalue weighted by molar-refractivity contribution is -0.387. The Bertz CT molecular complexity index is 889. The minimum Gasteiger partial charge on any atom is -0.484 e. The van der Waals surface area contributed by atoms with Gasteiger partial charge in [0.15, 0.2) is 6.61 Å². The van der Waals surface area contributed by atoms with E-state index in [1.807, 2.05) is 0 Å². The summed E-state index contributed by atoms with van der Waals surface area (Å²) in [6.45, 7) is 1.27. The summed E-state index contributed by atoms with van der Waals surface area (Å²) in [6.07, 6.45) is 0. The number of carbonyl (C=O) groups is 1. The zero-order valence-corrected chi connectivity index (χ0v) is 14.5. The van der Waals surface area contributed by atoms with Crippen LogP contribution in [-0.2, 0) is 4.79 Å². The molecule has 0 radical (unpaired) electrons. The first-order valence-corrected chi connectivity index (χ1v) is 7.77. The summed E-state index contributed by atoms with van der Waals surface area (Å²) < 4.78 is 18.8. The van der Waals surface area contributed by atoms with Crippen LogP contribution in [0.1, 0.15) is 18.5 Å². The van der Waals surface area contributed by atoms with Crippen LogP contribution in [0.3, 0.4) is 0 Å². The highest BCUT2D eigenvalue weighted by Crippen LogP contribution is 2.24. The third-order valence-electron chi connectivity index (χ3n) is 4.02. The number of hydrogen-bond donors (Lipinski definition) is 0. The predicted molar refractivity (Wildman–Crippen MR) is 92.8 cm³/mol. The van der Waals surface area contributed by atoms with E-state index < -0.39 is 39.9 Å². The first-order valence-electron chi connectivity index (χ1n) is 7.77. The maximum Gasteiger partial charge on any atom is 0.305 e. The Morgan fingerprint density at radius 2 is 1.89 bits per heavy atom. The number of carbonyl (C=O) groups excluding carboxylic acids is 1. The molecule has 0 spiro atoms. The average molecular weight is 377 g/mol. The quantitative estimate of drug-likeness (QED) is 0.540. The van der Waals surface area contributed by atoms with E-state index in [-0.39, 0.29) is 11.4 Å². The van der Waals surface area contributed by atoms with E-state index in [1.165, 1.54) is 36.2 Å². The topological polar surface area (TPSA) is 116 Å². The maximum atomic E-state index is 13.6. The highest BCUT2D eigenvalue weighted by atomic mass is 19.1. The number of nitro benzene ring substituents is 2. The van der Waals surface area contributed by atoms with Gasteiger partial charge in [0.2, 0.25) is 5.82 Å². The van der Waals surface area contributed by atoms with E-state index in [0.717, 1.165) is 12.1 Å². The summed E-state index contributed by atoms with van der Waals surface area (Å²) in [5.74, 6) is -1.54. The molecule has 10 heteroatoms. The Hall–Kier alpha value is -3.56. The highest BCUT2D eigenvalue weighted by molar-refractivity contribution is 5.78. The molecule has 2 rings (SSSR count). The molecule has 0 aromatic heterocycles. The Morgan fingerprint density at radius 3 is 2.48 bits per heavy atom. The molecule has 0 aliphatic heterocycles. The van der Waals surface area contributed by atoms with Crippen molar-refractivity contribution in [1.82, 2.24) is 4.90 Å². The second kappa shape index (κ2) is 8.21. The smallest absolute Gasteiger partial charge is 0.305 e. The molecule has 2 aromatic carbocycles. The van der Waals surface area contributed by atoms with E-state index in [0.29, 0.717) is 5.56 Å². The minimum atomic E-state index is -1.07. The van der Waals surface area contributed by atoms with Gasteiger partial charge in [-0.25, -0.2) is 0 Å². The molecule has 1 unspecified atom stereocenters. The van der Waals surface area contributed by atoms with Gasteiger partial charge in [0.1, 0.15) is 5.75 Å². The summed E-state index contributed by atoms with van der Waals surface area (Å²) in [5, 5.41) is 21.5. The van der Waals surface area contributed by atoms with Gasteiger partial charge in [-0.15, -0.1) is 0 Å². The molecule has 27 heavy (non-hydrogen) atoms. The number of ether oxygens (including phenoxy) is 1. The lowest BCUT2D eigenvalue weighted by atomic mass is 10.1. The molecule has 0 aliphatic rings. The fourth-order valence-electron chi connectivity index (χ4n) is 2.31. The number of benzene rings is 2. The normalized spacial score (nSPS) is 11.5. The molecule has 0 saturated carbocycles. The van der Waals surface area contributed by atoms with Crippen molar-refractivity contribution in [3.05, 3.63) is 74.1 Å². The van der Waals surface area contributed by atoms with Crippen LogP contribution in [-0.4, -0.2) is 34.3 Å². The van der Waals surface area contributed by atoms with Crippen LogP contribution in [0.15, 0.2) is 42.5 Å². The van der Waals surface area contributed by atoms with Gasteiger partial charge < -0.3 is 9.64 Å². The van der Waals surface area contributed by atoms with Crippen LogP contribution in [0, 0.1) is 26.0 Å². The molecule has 0 aliphatic carbocycles. The number of halogens is 1. The predicted octanol–water partition coefficient (Wildman–Crippen LogP) is 3.24. The van der Waals surface area contributed by atoms with E-state index in [1.54, 1.807) is 13.0 Å². The van der Waals surface area contributed by atoms with Crippen LogP contribution in [0.25, 0.3) is 0 Å². The van der Waals surface area contributed by atoms with Crippen molar-refractivity contribution in [2.45, 2.75) is 13.0 Å². The Labute approximate surface area is 153 Å². The molecule has 0 fully saturated rings. The zero-order chi connectivity index (χ0) is 20.1. The van der Waals surface area contributed by atoms with Crippen LogP contribution in [0.5, 0.6) is 5.75 Å². The molecule has 0 bridgehead atoms. The summed E-state index contributed by atoms with van der Waals surface area (Å²) >= 11 is 0. The maximum absolute atomic E-state index is 13.6. The summed E-state index contributed by atoms with van der Waals surface area (Å²) in [5.41, 5.74) is -0.204. The lowest BCUT2D eigenvalue weighted by Crippen LogP contribution is -2.33. The standard InChI is InChI=1S/C17H16FN3O6/c1-11(12-4-3-5-13(8-12)20(23)24)19(2)17(22)10-27-14-6-7-16(21(25)26)15(18)9-14/h3-9,11H,10H2,1-2H3. The minimum absolute atomic E-state index is 0.0251. The van der Waals surface area contributed by atoms with Gasteiger partial charge in [0, 0.05) is 31.3 Å². The molecule has 1 amide bonds. The van der Waals surface area contributed by atoms with Crippen LogP contribution < -0.4 is 4.74 Å². The van der Waals surface area contributed by atoms with Crippen molar-refractivity contribution < 1.29 is 23.8 Å². The van der Waals surface area contributed by atoms with Crippen molar-refractivity contribution in [2.75, 3.05) is 13.7 Å². The van der Waals surface area contributed by atoms with Gasteiger partial charge in [-0.3, -0.25) is 25.0 Å². The highest BCUT2D eigenvalue weighted by Gasteiger charge is 2.20. The number of hydrogen-bond acceptors (Lipinski definition) is 6. The second-order valence-corrected chi connectivity index (χ2v) is 5.69. The molecule has 9 nitrogen and oxygen atoms in total. The summed E-state index contributed by atoms with van der Waals surface area (Å²) in [4.78, 5) is 33.7. The van der Waals surface area contributed by atoms with Gasteiger partial charge in [-0.1, -0.05) is 12.1 Å². The SMILES string of the molecule is CC(c1cccc([N+](=O)[O-])c1)N(C)C(=O)COc1ccc([N+](=O)[O-])c(F)c1. The first-order chi connectivity index (χ1) is 12.7. The van der Waals surface area contributed by atoms with Gasteiger partial charge >= 0.3 is 5.69 Å². The Morgan fingerprint density at radius 1 is 1.19 bits per heavy atom. The van der Waals surface area contributed by atoms with Crippen molar-refractivity contribution in [3.8, 4) is 5.75 Å². The molecule has 142 valence electrons. The average Bonchev–Trinajstić information content (AvgIpc) is 2.64. The Kier molecular flexibility index (Phi) is 6.01. The number of likely N-dealkylation sites (N-methyl/N-ethyl adjacent to an activating group) is 1. The van der Waals surface area contributed by atoms with E-state index in [9.17, 15) is 29.4 Å². The van der Waals surface area contributed by atoms with E-state index in [2.05, 4.69) is 0 Å². The van der Waals surface area contributed by atoms with E-state index in [4.69, 9.17) is 4.74 Å². The van der Waals surface area contributed by atoms with Crippen LogP contribution in [0.4, 0.5) is 15.8 Å². The van der Waals surface area contributed by atoms with Crippen molar-refractivity contribution in [1.29, 1.82) is 0 Å². The number of nitro groups is 2. The van der Waals surface area contributed by atoms with Gasteiger partial charge in [-0.05, 0) is 18.6 Å². The van der Waals surface area contributed by atoms with Gasteiger partial charge in [0.25, 0.3) is 11.6 Å². The summed E-state index contributed by atoms with van der Waals surface area (Å²) in [7, 11) is 1.51. The molecule has 0 heterocycles. The molecule has 0 saturated heterocycles. The first kappa shape index (κ1) is 19.8. The number of amides is 1. The fourth-order valence-corrected chi connectivity index (χ4v) is 2.31. The Balaban J connectivity index is 2.03. The number of non-ortho nitro benzene ring substituents is 1. The van der Waals surface area contributed by atoms with Crippen molar-refractivity contribution in [3.63, 3.8) is 0 Å². The number of nitrogens with zero attached hydrogens (tertiary/aromatic N) is 3. The largest absolute Gasteiger partial charge is 0.484 e. The van der Waals surface area contributed by atoms with Gasteiger partial charge in [-0.2, -0.15) is 4.39 Å². The van der Waals surface area contributed by atoms with E-state index >= 15 is 0 Å². The molecular formula is C17H16FN3O6. The summed E-state index contributed by atoms with van der Waals surface area (Å²) in [6, 6.07) is 8.42. The second-order valence-electron chi connectivity index (χ2n) is 5.69. The molecule has 1 atom stereocenters. The van der Waals surface area contributed by atoms with Crippen LogP contribution in [0.2, 0.25) is 0 Å². The number of rotatable bonds is 7. The zero-order valence-electron chi connectivity index (χ0n) is 14.5. The van der Waals surface area contributed by atoms with Gasteiger partial charge in [0.05, 0.1) is 15.9 Å². The van der Waals surface area contributed by atoms with Crippen molar-refractivity contribution in [2.24, 2.45) is 0 Å².